The zero-order valence-corrected chi connectivity index (χ0v) is 17.2. The fourth-order valence-electron chi connectivity index (χ4n) is 3.08. The number of nitrogens with zero attached hydrogens (tertiary/aromatic N) is 1. The first-order valence-corrected chi connectivity index (χ1v) is 10.2. The van der Waals surface area contributed by atoms with Gasteiger partial charge in [0, 0.05) is 33.8 Å². The van der Waals surface area contributed by atoms with E-state index < -0.39 is 0 Å². The molecule has 0 saturated heterocycles. The van der Waals surface area contributed by atoms with Crippen molar-refractivity contribution in [3.63, 3.8) is 0 Å². The Morgan fingerprint density at radius 1 is 1.21 bits per heavy atom. The molecule has 1 fully saturated rings. The summed E-state index contributed by atoms with van der Waals surface area (Å²) in [6.45, 7) is 2.17. The van der Waals surface area contributed by atoms with Gasteiger partial charge in [-0.1, -0.05) is 24.3 Å². The van der Waals surface area contributed by atoms with Crippen LogP contribution in [0.3, 0.4) is 0 Å². The Hall–Kier alpha value is -2.60. The minimum absolute atomic E-state index is 0.0571. The highest BCUT2D eigenvalue weighted by atomic mass is 79.9. The molecule has 3 aromatic rings. The molecule has 0 bridgehead atoms. The van der Waals surface area contributed by atoms with E-state index in [2.05, 4.69) is 44.5 Å². The topological polar surface area (TPSA) is 63.3 Å². The Morgan fingerprint density at radius 2 is 2.00 bits per heavy atom. The fourth-order valence-corrected chi connectivity index (χ4v) is 3.55. The van der Waals surface area contributed by atoms with Gasteiger partial charge >= 0.3 is 0 Å². The van der Waals surface area contributed by atoms with Gasteiger partial charge < -0.3 is 15.4 Å². The number of amides is 1. The number of ether oxygens (including phenoxy) is 1. The number of benzene rings is 2. The Balaban J connectivity index is 1.40. The highest BCUT2D eigenvalue weighted by Gasteiger charge is 2.23. The molecule has 0 radical (unpaired) electrons. The van der Waals surface area contributed by atoms with Crippen LogP contribution in [0.15, 0.2) is 59.2 Å². The van der Waals surface area contributed by atoms with Crippen molar-refractivity contribution < 1.29 is 9.53 Å². The average Bonchev–Trinajstić information content (AvgIpc) is 3.51. The number of halogens is 1. The van der Waals surface area contributed by atoms with E-state index in [1.165, 1.54) is 0 Å². The van der Waals surface area contributed by atoms with Crippen LogP contribution in [0.25, 0.3) is 10.9 Å². The number of hydrogen-bond donors (Lipinski definition) is 2. The molecule has 4 rings (SSSR count). The lowest BCUT2D eigenvalue weighted by Crippen LogP contribution is -2.30. The molecule has 1 atom stereocenters. The van der Waals surface area contributed by atoms with Crippen molar-refractivity contribution in [1.82, 2.24) is 10.3 Å². The van der Waals surface area contributed by atoms with Gasteiger partial charge in [-0.15, -0.1) is 0 Å². The molecular weight excluding hydrogens is 418 g/mol. The third-order valence-electron chi connectivity index (χ3n) is 4.79. The van der Waals surface area contributed by atoms with Crippen LogP contribution in [-0.2, 0) is 4.79 Å². The molecule has 5 nitrogen and oxygen atoms in total. The maximum Gasteiger partial charge on any atom is 0.258 e. The SMILES string of the molecule is CC(Nc1ccnc2c(Br)cccc12)c1ccc(OCC(=O)NC2CC2)cc1. The quantitative estimate of drug-likeness (QED) is 0.553. The predicted molar refractivity (Wildman–Crippen MR) is 115 cm³/mol. The van der Waals surface area contributed by atoms with E-state index in [0.29, 0.717) is 11.8 Å². The first-order chi connectivity index (χ1) is 13.6. The number of hydrogen-bond acceptors (Lipinski definition) is 4. The summed E-state index contributed by atoms with van der Waals surface area (Å²) in [7, 11) is 0. The van der Waals surface area contributed by atoms with Crippen molar-refractivity contribution >= 4 is 38.4 Å². The molecule has 1 amide bonds. The van der Waals surface area contributed by atoms with E-state index in [1.807, 2.05) is 48.7 Å². The van der Waals surface area contributed by atoms with Gasteiger partial charge in [0.05, 0.1) is 5.52 Å². The molecule has 1 aromatic heterocycles. The third-order valence-corrected chi connectivity index (χ3v) is 5.43. The van der Waals surface area contributed by atoms with Gasteiger partial charge in [-0.25, -0.2) is 0 Å². The van der Waals surface area contributed by atoms with Crippen molar-refractivity contribution in [3.8, 4) is 5.75 Å². The standard InChI is InChI=1S/C22H22BrN3O2/c1-14(25-20-11-12-24-22-18(20)3-2-4-19(22)23)15-5-9-17(10-6-15)28-13-21(27)26-16-7-8-16/h2-6,9-12,14,16H,7-8,13H2,1H3,(H,24,25)(H,26,27). The van der Waals surface area contributed by atoms with E-state index in [-0.39, 0.29) is 18.6 Å². The summed E-state index contributed by atoms with van der Waals surface area (Å²) in [5.41, 5.74) is 3.11. The highest BCUT2D eigenvalue weighted by molar-refractivity contribution is 9.10. The molecule has 144 valence electrons. The van der Waals surface area contributed by atoms with Crippen molar-refractivity contribution in [1.29, 1.82) is 0 Å². The van der Waals surface area contributed by atoms with Crippen LogP contribution in [0.1, 0.15) is 31.4 Å². The second-order valence-corrected chi connectivity index (χ2v) is 7.91. The number of fused-ring (bicyclic) bond motifs is 1. The van der Waals surface area contributed by atoms with E-state index in [4.69, 9.17) is 4.74 Å². The summed E-state index contributed by atoms with van der Waals surface area (Å²) in [6, 6.07) is 16.4. The normalized spacial score (nSPS) is 14.5. The first kappa shape index (κ1) is 18.7. The van der Waals surface area contributed by atoms with Crippen molar-refractivity contribution in [2.24, 2.45) is 0 Å². The van der Waals surface area contributed by atoms with E-state index in [0.717, 1.165) is 39.5 Å². The molecule has 1 aliphatic rings. The summed E-state index contributed by atoms with van der Waals surface area (Å²) < 4.78 is 6.55. The van der Waals surface area contributed by atoms with Crippen molar-refractivity contribution in [2.75, 3.05) is 11.9 Å². The minimum atomic E-state index is -0.0580. The molecule has 2 aromatic carbocycles. The lowest BCUT2D eigenvalue weighted by molar-refractivity contribution is -0.123. The van der Waals surface area contributed by atoms with Crippen LogP contribution in [0.4, 0.5) is 5.69 Å². The van der Waals surface area contributed by atoms with Crippen LogP contribution in [0.2, 0.25) is 0 Å². The number of aromatic nitrogens is 1. The zero-order chi connectivity index (χ0) is 19.5. The van der Waals surface area contributed by atoms with Gasteiger partial charge in [-0.05, 0) is 65.5 Å². The molecular formula is C22H22BrN3O2. The van der Waals surface area contributed by atoms with Crippen molar-refractivity contribution in [3.05, 3.63) is 64.8 Å². The van der Waals surface area contributed by atoms with E-state index in [1.54, 1.807) is 0 Å². The number of pyridine rings is 1. The lowest BCUT2D eigenvalue weighted by atomic mass is 10.1. The predicted octanol–water partition coefficient (Wildman–Crippen LogP) is 4.83. The summed E-state index contributed by atoms with van der Waals surface area (Å²) in [5.74, 6) is 0.637. The lowest BCUT2D eigenvalue weighted by Gasteiger charge is -2.18. The van der Waals surface area contributed by atoms with Gasteiger partial charge in [0.15, 0.2) is 6.61 Å². The molecule has 1 unspecified atom stereocenters. The van der Waals surface area contributed by atoms with Crippen LogP contribution in [-0.4, -0.2) is 23.5 Å². The molecule has 6 heteroatoms. The van der Waals surface area contributed by atoms with E-state index in [9.17, 15) is 4.79 Å². The van der Waals surface area contributed by atoms with Gasteiger partial charge in [-0.3, -0.25) is 9.78 Å². The van der Waals surface area contributed by atoms with Crippen LogP contribution in [0.5, 0.6) is 5.75 Å². The third kappa shape index (κ3) is 4.44. The smallest absolute Gasteiger partial charge is 0.258 e. The molecule has 1 aliphatic carbocycles. The van der Waals surface area contributed by atoms with Crippen LogP contribution >= 0.6 is 15.9 Å². The summed E-state index contributed by atoms with van der Waals surface area (Å²) in [6.07, 6.45) is 3.97. The average molecular weight is 440 g/mol. The first-order valence-electron chi connectivity index (χ1n) is 9.42. The zero-order valence-electron chi connectivity index (χ0n) is 15.6. The Kier molecular flexibility index (Phi) is 5.48. The molecule has 0 spiro atoms. The Morgan fingerprint density at radius 3 is 2.75 bits per heavy atom. The molecule has 28 heavy (non-hydrogen) atoms. The monoisotopic (exact) mass is 439 g/mol. The number of anilines is 1. The van der Waals surface area contributed by atoms with E-state index >= 15 is 0 Å². The Bertz CT molecular complexity index is 987. The van der Waals surface area contributed by atoms with Gasteiger partial charge in [-0.2, -0.15) is 0 Å². The number of rotatable bonds is 7. The maximum atomic E-state index is 11.7. The number of nitrogens with one attached hydrogen (secondary N) is 2. The molecule has 0 aliphatic heterocycles. The fraction of sp³-hybridized carbons (Fsp3) is 0.273. The number of carbonyl (C=O) groups is 1. The molecule has 2 N–H and O–H groups in total. The van der Waals surface area contributed by atoms with Gasteiger partial charge in [0.25, 0.3) is 5.91 Å². The minimum Gasteiger partial charge on any atom is -0.484 e. The van der Waals surface area contributed by atoms with Crippen molar-refractivity contribution in [2.45, 2.75) is 31.8 Å². The number of carbonyl (C=O) groups excluding carboxylic acids is 1. The summed E-state index contributed by atoms with van der Waals surface area (Å²) >= 11 is 3.56. The van der Waals surface area contributed by atoms with Gasteiger partial charge in [0.2, 0.25) is 0 Å². The van der Waals surface area contributed by atoms with Crippen LogP contribution < -0.4 is 15.4 Å². The van der Waals surface area contributed by atoms with Crippen LogP contribution in [0, 0.1) is 0 Å². The highest BCUT2D eigenvalue weighted by Crippen LogP contribution is 2.30. The summed E-state index contributed by atoms with van der Waals surface area (Å²) in [5, 5.41) is 7.55. The summed E-state index contributed by atoms with van der Waals surface area (Å²) in [4.78, 5) is 16.2. The van der Waals surface area contributed by atoms with Gasteiger partial charge in [0.1, 0.15) is 5.75 Å². The maximum absolute atomic E-state index is 11.7. The molecule has 1 saturated carbocycles. The largest absolute Gasteiger partial charge is 0.484 e. The Labute approximate surface area is 172 Å². The number of para-hydroxylation sites is 1. The molecule has 1 heterocycles. The second kappa shape index (κ2) is 8.19. The second-order valence-electron chi connectivity index (χ2n) is 7.06.